The highest BCUT2D eigenvalue weighted by Gasteiger charge is 2.24. The largest absolute Gasteiger partial charge is 0.493 e. The number of aromatic nitrogens is 1. The molecule has 0 fully saturated rings. The predicted molar refractivity (Wildman–Crippen MR) is 70.2 cm³/mol. The number of pyridine rings is 1. The molecule has 3 heteroatoms. The summed E-state index contributed by atoms with van der Waals surface area (Å²) < 4.78 is 5.77. The number of fused-ring (bicyclic) bond motifs is 2. The zero-order valence-electron chi connectivity index (χ0n) is 10.4. The van der Waals surface area contributed by atoms with E-state index in [4.69, 9.17) is 4.74 Å². The van der Waals surface area contributed by atoms with E-state index in [1.807, 2.05) is 31.2 Å². The standard InChI is InChI=1S/C15H15NO2/c1-2-18-15-10-6-3-4-8-12(10)16-14-11(15)7-5-9-13(14)17/h3-4,6,8H,2,5,7,9H2,1H3. The molecule has 1 heterocycles. The van der Waals surface area contributed by atoms with Crippen molar-refractivity contribution >= 4 is 16.7 Å². The van der Waals surface area contributed by atoms with Crippen LogP contribution in [-0.2, 0) is 6.42 Å². The van der Waals surface area contributed by atoms with Crippen LogP contribution in [0.25, 0.3) is 10.9 Å². The van der Waals surface area contributed by atoms with Gasteiger partial charge in [-0.3, -0.25) is 4.79 Å². The molecule has 0 radical (unpaired) electrons. The van der Waals surface area contributed by atoms with E-state index >= 15 is 0 Å². The van der Waals surface area contributed by atoms with E-state index in [0.717, 1.165) is 35.1 Å². The lowest BCUT2D eigenvalue weighted by molar-refractivity contribution is 0.0966. The second-order valence-corrected chi connectivity index (χ2v) is 4.49. The Kier molecular flexibility index (Phi) is 2.74. The average Bonchev–Trinajstić information content (AvgIpc) is 2.40. The molecule has 0 saturated heterocycles. The van der Waals surface area contributed by atoms with Crippen LogP contribution in [0.1, 0.15) is 35.8 Å². The smallest absolute Gasteiger partial charge is 0.181 e. The van der Waals surface area contributed by atoms with Gasteiger partial charge in [-0.1, -0.05) is 12.1 Å². The van der Waals surface area contributed by atoms with Crippen LogP contribution in [0.4, 0.5) is 0 Å². The summed E-state index contributed by atoms with van der Waals surface area (Å²) in [6.45, 7) is 2.57. The molecular formula is C15H15NO2. The first-order valence-corrected chi connectivity index (χ1v) is 6.39. The summed E-state index contributed by atoms with van der Waals surface area (Å²) in [5.41, 5.74) is 2.45. The minimum atomic E-state index is 0.142. The molecule has 0 amide bonds. The summed E-state index contributed by atoms with van der Waals surface area (Å²) in [5.74, 6) is 0.995. The fraction of sp³-hybridized carbons (Fsp3) is 0.333. The molecule has 1 aromatic carbocycles. The van der Waals surface area contributed by atoms with Gasteiger partial charge in [-0.15, -0.1) is 0 Å². The third kappa shape index (κ3) is 1.67. The zero-order chi connectivity index (χ0) is 12.5. The van der Waals surface area contributed by atoms with E-state index in [1.165, 1.54) is 0 Å². The molecular weight excluding hydrogens is 226 g/mol. The normalized spacial score (nSPS) is 14.6. The van der Waals surface area contributed by atoms with Gasteiger partial charge in [0.1, 0.15) is 11.4 Å². The molecule has 3 rings (SSSR count). The number of hydrogen-bond acceptors (Lipinski definition) is 3. The quantitative estimate of drug-likeness (QED) is 0.810. The molecule has 0 spiro atoms. The van der Waals surface area contributed by atoms with Gasteiger partial charge in [0.05, 0.1) is 12.1 Å². The highest BCUT2D eigenvalue weighted by Crippen LogP contribution is 2.34. The van der Waals surface area contributed by atoms with Crippen LogP contribution in [0.15, 0.2) is 24.3 Å². The number of ether oxygens (including phenoxy) is 1. The van der Waals surface area contributed by atoms with E-state index in [-0.39, 0.29) is 5.78 Å². The number of Topliss-reactive ketones (excluding diaryl/α,β-unsaturated/α-hetero) is 1. The molecule has 1 aliphatic rings. The first-order valence-electron chi connectivity index (χ1n) is 6.39. The highest BCUT2D eigenvalue weighted by atomic mass is 16.5. The minimum Gasteiger partial charge on any atom is -0.493 e. The predicted octanol–water partition coefficient (Wildman–Crippen LogP) is 3.15. The first-order chi connectivity index (χ1) is 8.81. The number of hydrogen-bond donors (Lipinski definition) is 0. The third-order valence-electron chi connectivity index (χ3n) is 3.32. The van der Waals surface area contributed by atoms with Crippen molar-refractivity contribution in [1.29, 1.82) is 0 Å². The van der Waals surface area contributed by atoms with E-state index in [1.54, 1.807) is 0 Å². The Morgan fingerprint density at radius 2 is 2.11 bits per heavy atom. The molecule has 0 atom stereocenters. The lowest BCUT2D eigenvalue weighted by atomic mass is 9.92. The van der Waals surface area contributed by atoms with Gasteiger partial charge in [-0.2, -0.15) is 0 Å². The number of carbonyl (C=O) groups excluding carboxylic acids is 1. The SMILES string of the molecule is CCOc1c2c(nc3ccccc13)C(=O)CCC2. The summed E-state index contributed by atoms with van der Waals surface area (Å²) in [6, 6.07) is 7.85. The van der Waals surface area contributed by atoms with Crippen LogP contribution < -0.4 is 4.74 Å². The number of carbonyl (C=O) groups is 1. The number of benzene rings is 1. The third-order valence-corrected chi connectivity index (χ3v) is 3.32. The molecule has 1 aromatic heterocycles. The van der Waals surface area contributed by atoms with Gasteiger partial charge >= 0.3 is 0 Å². The Morgan fingerprint density at radius 3 is 2.94 bits per heavy atom. The summed E-state index contributed by atoms with van der Waals surface area (Å²) in [4.78, 5) is 16.5. The highest BCUT2D eigenvalue weighted by molar-refractivity contribution is 6.01. The Hall–Kier alpha value is -1.90. The molecule has 1 aliphatic carbocycles. The number of ketones is 1. The molecule has 0 bridgehead atoms. The van der Waals surface area contributed by atoms with Crippen LogP contribution in [0.2, 0.25) is 0 Å². The van der Waals surface area contributed by atoms with Crippen LogP contribution in [0.5, 0.6) is 5.75 Å². The summed E-state index contributed by atoms with van der Waals surface area (Å²) >= 11 is 0. The van der Waals surface area contributed by atoms with Crippen LogP contribution in [-0.4, -0.2) is 17.4 Å². The summed E-state index contributed by atoms with van der Waals surface area (Å²) in [6.07, 6.45) is 2.38. The van der Waals surface area contributed by atoms with E-state index in [2.05, 4.69) is 4.98 Å². The number of rotatable bonds is 2. The van der Waals surface area contributed by atoms with Gasteiger partial charge in [0.15, 0.2) is 5.78 Å². The Bertz CT molecular complexity index is 619. The lowest BCUT2D eigenvalue weighted by Gasteiger charge is -2.19. The topological polar surface area (TPSA) is 39.2 Å². The van der Waals surface area contributed by atoms with E-state index in [9.17, 15) is 4.79 Å². The molecule has 0 saturated carbocycles. The second-order valence-electron chi connectivity index (χ2n) is 4.49. The van der Waals surface area contributed by atoms with Gasteiger partial charge in [0, 0.05) is 17.4 Å². The number of nitrogens with zero attached hydrogens (tertiary/aromatic N) is 1. The molecule has 92 valence electrons. The van der Waals surface area contributed by atoms with Gasteiger partial charge in [-0.25, -0.2) is 4.98 Å². The van der Waals surface area contributed by atoms with Crippen LogP contribution in [0, 0.1) is 0 Å². The Morgan fingerprint density at radius 1 is 1.28 bits per heavy atom. The van der Waals surface area contributed by atoms with Gasteiger partial charge < -0.3 is 4.74 Å². The fourth-order valence-electron chi connectivity index (χ4n) is 2.54. The molecule has 0 unspecified atom stereocenters. The summed E-state index contributed by atoms with van der Waals surface area (Å²) in [5, 5.41) is 1.01. The molecule has 3 nitrogen and oxygen atoms in total. The molecule has 2 aromatic rings. The van der Waals surface area contributed by atoms with Crippen molar-refractivity contribution in [1.82, 2.24) is 4.98 Å². The van der Waals surface area contributed by atoms with Crippen molar-refractivity contribution in [3.63, 3.8) is 0 Å². The monoisotopic (exact) mass is 241 g/mol. The van der Waals surface area contributed by atoms with Crippen molar-refractivity contribution in [2.45, 2.75) is 26.2 Å². The maximum atomic E-state index is 12.0. The second kappa shape index (κ2) is 4.41. The molecule has 0 N–H and O–H groups in total. The molecule has 18 heavy (non-hydrogen) atoms. The van der Waals surface area contributed by atoms with Gasteiger partial charge in [-0.05, 0) is 31.9 Å². The lowest BCUT2D eigenvalue weighted by Crippen LogP contribution is -2.15. The first kappa shape index (κ1) is 11.2. The van der Waals surface area contributed by atoms with Gasteiger partial charge in [0.25, 0.3) is 0 Å². The summed E-state index contributed by atoms with van der Waals surface area (Å²) in [7, 11) is 0. The average molecular weight is 241 g/mol. The van der Waals surface area contributed by atoms with Gasteiger partial charge in [0.2, 0.25) is 0 Å². The van der Waals surface area contributed by atoms with Crippen molar-refractivity contribution in [3.05, 3.63) is 35.5 Å². The van der Waals surface area contributed by atoms with E-state index in [0.29, 0.717) is 18.7 Å². The Labute approximate surface area is 106 Å². The maximum Gasteiger partial charge on any atom is 0.181 e. The zero-order valence-corrected chi connectivity index (χ0v) is 10.4. The minimum absolute atomic E-state index is 0.142. The van der Waals surface area contributed by atoms with Crippen molar-refractivity contribution < 1.29 is 9.53 Å². The van der Waals surface area contributed by atoms with Crippen molar-refractivity contribution in [3.8, 4) is 5.75 Å². The van der Waals surface area contributed by atoms with E-state index < -0.39 is 0 Å². The fourth-order valence-corrected chi connectivity index (χ4v) is 2.54. The Balaban J connectivity index is 2.33. The maximum absolute atomic E-state index is 12.0. The number of para-hydroxylation sites is 1. The van der Waals surface area contributed by atoms with Crippen LogP contribution in [0.3, 0.4) is 0 Å². The van der Waals surface area contributed by atoms with Crippen molar-refractivity contribution in [2.75, 3.05) is 6.61 Å². The molecule has 0 aliphatic heterocycles. The van der Waals surface area contributed by atoms with Crippen LogP contribution >= 0.6 is 0 Å². The van der Waals surface area contributed by atoms with Crippen molar-refractivity contribution in [2.24, 2.45) is 0 Å².